The molecule has 2 saturated carbocycles. The van der Waals surface area contributed by atoms with Crippen LogP contribution in [0.15, 0.2) is 54.6 Å². The Labute approximate surface area is 155 Å². The normalized spacial score (nSPS) is 24.5. The zero-order chi connectivity index (χ0) is 17.9. The van der Waals surface area contributed by atoms with E-state index in [1.807, 2.05) is 60.7 Å². The quantitative estimate of drug-likeness (QED) is 0.637. The number of methoxy groups -OCH3 is 1. The van der Waals surface area contributed by atoms with Crippen molar-refractivity contribution in [3.05, 3.63) is 65.7 Å². The lowest BCUT2D eigenvalue weighted by Crippen LogP contribution is -2.38. The highest BCUT2D eigenvalue weighted by Crippen LogP contribution is 2.44. The van der Waals surface area contributed by atoms with E-state index in [0.29, 0.717) is 12.0 Å². The maximum atomic E-state index is 13.1. The number of nitrogens with one attached hydrogen (secondary N) is 1. The van der Waals surface area contributed by atoms with Crippen molar-refractivity contribution in [3.63, 3.8) is 0 Å². The summed E-state index contributed by atoms with van der Waals surface area (Å²) in [6.07, 6.45) is 6.99. The van der Waals surface area contributed by atoms with Crippen LogP contribution < -0.4 is 10.1 Å². The predicted molar refractivity (Wildman–Crippen MR) is 105 cm³/mol. The summed E-state index contributed by atoms with van der Waals surface area (Å²) in [6.45, 7) is 0. The van der Waals surface area contributed by atoms with Crippen LogP contribution in [0.4, 0.5) is 0 Å². The number of amides is 1. The van der Waals surface area contributed by atoms with Gasteiger partial charge in [-0.25, -0.2) is 0 Å². The van der Waals surface area contributed by atoms with Gasteiger partial charge in [0.05, 0.1) is 7.11 Å². The zero-order valence-electron chi connectivity index (χ0n) is 15.2. The summed E-state index contributed by atoms with van der Waals surface area (Å²) in [5.74, 6) is 2.33. The Balaban J connectivity index is 1.60. The molecule has 2 aromatic rings. The number of carbonyl (C=O) groups excluding carboxylic acids is 1. The molecular formula is C23H25NO2. The van der Waals surface area contributed by atoms with Gasteiger partial charge in [-0.2, -0.15) is 0 Å². The molecule has 3 nitrogen and oxygen atoms in total. The molecule has 2 aliphatic rings. The summed E-state index contributed by atoms with van der Waals surface area (Å²) in [6, 6.07) is 18.0. The molecule has 0 aromatic heterocycles. The summed E-state index contributed by atoms with van der Waals surface area (Å²) in [4.78, 5) is 13.1. The van der Waals surface area contributed by atoms with Gasteiger partial charge in [-0.05, 0) is 60.4 Å². The fraction of sp³-hybridized carbons (Fsp3) is 0.348. The first-order valence-electron chi connectivity index (χ1n) is 9.45. The molecule has 0 saturated heterocycles. The molecule has 0 unspecified atom stereocenters. The molecule has 2 aliphatic carbocycles. The Bertz CT molecular complexity index is 795. The van der Waals surface area contributed by atoms with Gasteiger partial charge in [0.1, 0.15) is 5.75 Å². The average Bonchev–Trinajstić information content (AvgIpc) is 3.30. The van der Waals surface area contributed by atoms with Crippen LogP contribution >= 0.6 is 0 Å². The molecule has 26 heavy (non-hydrogen) atoms. The smallest absolute Gasteiger partial charge is 0.252 e. The van der Waals surface area contributed by atoms with Gasteiger partial charge in [-0.15, -0.1) is 0 Å². The fourth-order valence-electron chi connectivity index (χ4n) is 4.43. The van der Waals surface area contributed by atoms with Crippen molar-refractivity contribution in [2.24, 2.45) is 11.8 Å². The summed E-state index contributed by atoms with van der Waals surface area (Å²) in [7, 11) is 1.66. The number of rotatable bonds is 5. The van der Waals surface area contributed by atoms with E-state index in [9.17, 15) is 4.79 Å². The number of carbonyl (C=O) groups is 1. The van der Waals surface area contributed by atoms with Gasteiger partial charge in [-0.1, -0.05) is 48.9 Å². The highest BCUT2D eigenvalue weighted by atomic mass is 16.5. The van der Waals surface area contributed by atoms with Crippen LogP contribution in [-0.2, 0) is 4.79 Å². The molecule has 3 atom stereocenters. The Morgan fingerprint density at radius 3 is 2.42 bits per heavy atom. The van der Waals surface area contributed by atoms with Crippen LogP contribution in [0.25, 0.3) is 11.6 Å². The van der Waals surface area contributed by atoms with Gasteiger partial charge >= 0.3 is 0 Å². The number of hydrogen-bond donors (Lipinski definition) is 1. The minimum atomic E-state index is 0.0320. The minimum absolute atomic E-state index is 0.0320. The van der Waals surface area contributed by atoms with E-state index < -0.39 is 0 Å². The second kappa shape index (κ2) is 7.36. The van der Waals surface area contributed by atoms with E-state index in [-0.39, 0.29) is 5.91 Å². The lowest BCUT2D eigenvalue weighted by Gasteiger charge is -2.23. The third kappa shape index (κ3) is 3.52. The van der Waals surface area contributed by atoms with Crippen LogP contribution in [-0.4, -0.2) is 19.1 Å². The maximum absolute atomic E-state index is 13.1. The van der Waals surface area contributed by atoms with E-state index in [2.05, 4.69) is 5.32 Å². The van der Waals surface area contributed by atoms with E-state index in [1.54, 1.807) is 7.11 Å². The molecule has 134 valence electrons. The van der Waals surface area contributed by atoms with Crippen molar-refractivity contribution in [1.29, 1.82) is 0 Å². The molecule has 1 N–H and O–H groups in total. The largest absolute Gasteiger partial charge is 0.497 e. The number of benzene rings is 2. The van der Waals surface area contributed by atoms with Crippen LogP contribution in [0.2, 0.25) is 0 Å². The molecule has 0 heterocycles. The minimum Gasteiger partial charge on any atom is -0.497 e. The van der Waals surface area contributed by atoms with Crippen molar-refractivity contribution < 1.29 is 9.53 Å². The summed E-state index contributed by atoms with van der Waals surface area (Å²) in [5.41, 5.74) is 2.66. The van der Waals surface area contributed by atoms with Crippen LogP contribution in [0.3, 0.4) is 0 Å². The van der Waals surface area contributed by atoms with Crippen molar-refractivity contribution in [2.45, 2.75) is 31.7 Å². The molecule has 2 aromatic carbocycles. The Kier molecular flexibility index (Phi) is 4.79. The van der Waals surface area contributed by atoms with Crippen LogP contribution in [0, 0.1) is 11.8 Å². The summed E-state index contributed by atoms with van der Waals surface area (Å²) < 4.78 is 5.22. The van der Waals surface area contributed by atoms with E-state index in [1.165, 1.54) is 19.3 Å². The molecule has 0 spiro atoms. The molecule has 3 heteroatoms. The third-order valence-electron chi connectivity index (χ3n) is 5.81. The van der Waals surface area contributed by atoms with Gasteiger partial charge in [-0.3, -0.25) is 4.79 Å². The Morgan fingerprint density at radius 1 is 1.04 bits per heavy atom. The molecular weight excluding hydrogens is 322 g/mol. The van der Waals surface area contributed by atoms with Crippen molar-refractivity contribution in [1.82, 2.24) is 5.32 Å². The van der Waals surface area contributed by atoms with Crippen LogP contribution in [0.5, 0.6) is 5.75 Å². The number of fused-ring (bicyclic) bond motifs is 2. The SMILES string of the molecule is COc1ccc(/C=C(/C(=O)N[C@@H]2C[C@@H]3CC[C@@H]2C3)c2ccccc2)cc1. The third-order valence-corrected chi connectivity index (χ3v) is 5.81. The molecule has 1 amide bonds. The predicted octanol–water partition coefficient (Wildman–Crippen LogP) is 4.54. The number of ether oxygens (including phenoxy) is 1. The molecule has 0 aliphatic heterocycles. The lowest BCUT2D eigenvalue weighted by molar-refractivity contribution is -0.116. The Morgan fingerprint density at radius 2 is 1.81 bits per heavy atom. The highest BCUT2D eigenvalue weighted by Gasteiger charge is 2.40. The van der Waals surface area contributed by atoms with Gasteiger partial charge in [0.2, 0.25) is 0 Å². The van der Waals surface area contributed by atoms with Crippen LogP contribution in [0.1, 0.15) is 36.8 Å². The monoisotopic (exact) mass is 347 g/mol. The molecule has 2 bridgehead atoms. The van der Waals surface area contributed by atoms with Gasteiger partial charge in [0.25, 0.3) is 5.91 Å². The van der Waals surface area contributed by atoms with Crippen molar-refractivity contribution in [2.75, 3.05) is 7.11 Å². The first-order valence-corrected chi connectivity index (χ1v) is 9.45. The Hall–Kier alpha value is -2.55. The second-order valence-electron chi connectivity index (χ2n) is 7.45. The number of hydrogen-bond acceptors (Lipinski definition) is 2. The molecule has 2 fully saturated rings. The standard InChI is InChI=1S/C23H25NO2/c1-26-20-11-8-16(9-12-20)14-21(18-5-3-2-4-6-18)23(25)24-22-15-17-7-10-19(22)13-17/h2-6,8-9,11-12,14,17,19,22H,7,10,13,15H2,1H3,(H,24,25)/b21-14+/t17-,19-,22-/m1/s1. The molecule has 0 radical (unpaired) electrons. The highest BCUT2D eigenvalue weighted by molar-refractivity contribution is 6.24. The first kappa shape index (κ1) is 16.9. The fourth-order valence-corrected chi connectivity index (χ4v) is 4.43. The second-order valence-corrected chi connectivity index (χ2v) is 7.45. The van der Waals surface area contributed by atoms with Crippen molar-refractivity contribution >= 4 is 17.6 Å². The van der Waals surface area contributed by atoms with E-state index in [0.717, 1.165) is 34.8 Å². The van der Waals surface area contributed by atoms with Gasteiger partial charge in [0, 0.05) is 11.6 Å². The zero-order valence-corrected chi connectivity index (χ0v) is 15.2. The van der Waals surface area contributed by atoms with Gasteiger partial charge in [0.15, 0.2) is 0 Å². The van der Waals surface area contributed by atoms with E-state index in [4.69, 9.17) is 4.74 Å². The lowest BCUT2D eigenvalue weighted by atomic mass is 9.94. The van der Waals surface area contributed by atoms with Gasteiger partial charge < -0.3 is 10.1 Å². The first-order chi connectivity index (χ1) is 12.7. The summed E-state index contributed by atoms with van der Waals surface area (Å²) in [5, 5.41) is 3.32. The summed E-state index contributed by atoms with van der Waals surface area (Å²) >= 11 is 0. The maximum Gasteiger partial charge on any atom is 0.252 e. The molecule has 4 rings (SSSR count). The van der Waals surface area contributed by atoms with E-state index >= 15 is 0 Å². The van der Waals surface area contributed by atoms with Crippen molar-refractivity contribution in [3.8, 4) is 5.75 Å². The average molecular weight is 347 g/mol. The topological polar surface area (TPSA) is 38.3 Å².